The van der Waals surface area contributed by atoms with Crippen LogP contribution in [0.3, 0.4) is 0 Å². The van der Waals surface area contributed by atoms with E-state index in [0.717, 1.165) is 16.7 Å². The molecule has 5 heteroatoms. The van der Waals surface area contributed by atoms with Crippen molar-refractivity contribution in [3.8, 4) is 0 Å². The second kappa shape index (κ2) is 5.50. The topological polar surface area (TPSA) is 77.5 Å². The van der Waals surface area contributed by atoms with E-state index in [-0.39, 0.29) is 11.9 Å². The van der Waals surface area contributed by atoms with E-state index in [1.807, 2.05) is 37.3 Å². The van der Waals surface area contributed by atoms with Crippen LogP contribution in [0.2, 0.25) is 0 Å². The number of ether oxygens (including phenoxy) is 1. The number of hydrogen-bond donors (Lipinski definition) is 2. The Labute approximate surface area is 123 Å². The molecule has 1 atom stereocenters. The molecule has 1 aliphatic rings. The van der Waals surface area contributed by atoms with Crippen molar-refractivity contribution in [1.29, 1.82) is 0 Å². The maximum atomic E-state index is 12.4. The number of carbonyl (C=O) groups excluding carboxylic acids is 1. The Hall–Kier alpha value is -1.85. The Bertz CT molecular complexity index is 611. The van der Waals surface area contributed by atoms with Crippen LogP contribution in [0, 0.1) is 0 Å². The molecule has 3 rings (SSSR count). The first-order valence-corrected chi connectivity index (χ1v) is 7.24. The first kappa shape index (κ1) is 14.1. The summed E-state index contributed by atoms with van der Waals surface area (Å²) >= 11 is 0. The van der Waals surface area contributed by atoms with Gasteiger partial charge in [-0.25, -0.2) is 0 Å². The van der Waals surface area contributed by atoms with Gasteiger partial charge in [0.2, 0.25) is 5.91 Å². The zero-order valence-electron chi connectivity index (χ0n) is 12.1. The molecule has 0 aliphatic carbocycles. The van der Waals surface area contributed by atoms with E-state index in [2.05, 4.69) is 5.32 Å². The van der Waals surface area contributed by atoms with E-state index >= 15 is 0 Å². The molecule has 0 bridgehead atoms. The number of benzene rings is 1. The standard InChI is InChI=1S/C16H20N2O3/c1-11(14-10-12-4-2-3-5-13(12)21-14)18-15(19)16(17)6-8-20-9-7-16/h2-5,10-11H,6-9,17H2,1H3,(H,18,19). The number of hydrogen-bond acceptors (Lipinski definition) is 4. The van der Waals surface area contributed by atoms with Crippen molar-refractivity contribution in [2.45, 2.75) is 31.3 Å². The molecule has 1 aromatic carbocycles. The highest BCUT2D eigenvalue weighted by molar-refractivity contribution is 5.86. The average Bonchev–Trinajstić information content (AvgIpc) is 2.92. The van der Waals surface area contributed by atoms with E-state index in [1.165, 1.54) is 0 Å². The lowest BCUT2D eigenvalue weighted by molar-refractivity contribution is -0.130. The zero-order chi connectivity index (χ0) is 14.9. The van der Waals surface area contributed by atoms with Crippen molar-refractivity contribution in [2.75, 3.05) is 13.2 Å². The first-order valence-electron chi connectivity index (χ1n) is 7.24. The highest BCUT2D eigenvalue weighted by Gasteiger charge is 2.36. The third kappa shape index (κ3) is 2.80. The monoisotopic (exact) mass is 288 g/mol. The third-order valence-corrected chi connectivity index (χ3v) is 4.06. The second-order valence-corrected chi connectivity index (χ2v) is 5.65. The summed E-state index contributed by atoms with van der Waals surface area (Å²) in [6.45, 7) is 2.96. The van der Waals surface area contributed by atoms with Gasteiger partial charge in [-0.3, -0.25) is 4.79 Å². The van der Waals surface area contributed by atoms with E-state index in [9.17, 15) is 4.79 Å². The fourth-order valence-corrected chi connectivity index (χ4v) is 2.59. The van der Waals surface area contributed by atoms with Crippen molar-refractivity contribution < 1.29 is 13.9 Å². The van der Waals surface area contributed by atoms with Gasteiger partial charge in [0.1, 0.15) is 11.3 Å². The molecule has 1 aromatic heterocycles. The average molecular weight is 288 g/mol. The van der Waals surface area contributed by atoms with Gasteiger partial charge in [0.25, 0.3) is 0 Å². The fourth-order valence-electron chi connectivity index (χ4n) is 2.59. The van der Waals surface area contributed by atoms with Crippen LogP contribution in [0.5, 0.6) is 0 Å². The lowest BCUT2D eigenvalue weighted by Gasteiger charge is -2.32. The van der Waals surface area contributed by atoms with Crippen LogP contribution < -0.4 is 11.1 Å². The molecule has 3 N–H and O–H groups in total. The van der Waals surface area contributed by atoms with Crippen LogP contribution in [-0.2, 0) is 9.53 Å². The Morgan fingerprint density at radius 1 is 1.33 bits per heavy atom. The number of rotatable bonds is 3. The Morgan fingerprint density at radius 3 is 2.76 bits per heavy atom. The fraction of sp³-hybridized carbons (Fsp3) is 0.438. The molecule has 0 spiro atoms. The van der Waals surface area contributed by atoms with E-state index in [4.69, 9.17) is 14.9 Å². The highest BCUT2D eigenvalue weighted by atomic mass is 16.5. The summed E-state index contributed by atoms with van der Waals surface area (Å²) in [4.78, 5) is 12.4. The van der Waals surface area contributed by atoms with Crippen molar-refractivity contribution >= 4 is 16.9 Å². The summed E-state index contributed by atoms with van der Waals surface area (Å²) in [7, 11) is 0. The lowest BCUT2D eigenvalue weighted by atomic mass is 9.90. The van der Waals surface area contributed by atoms with E-state index < -0.39 is 5.54 Å². The number of para-hydroxylation sites is 1. The molecule has 112 valence electrons. The van der Waals surface area contributed by atoms with Gasteiger partial charge in [0.15, 0.2) is 0 Å². The molecule has 5 nitrogen and oxygen atoms in total. The SMILES string of the molecule is CC(NC(=O)C1(N)CCOCC1)c1cc2ccccc2o1. The molecule has 0 saturated carbocycles. The zero-order valence-corrected chi connectivity index (χ0v) is 12.1. The minimum absolute atomic E-state index is 0.140. The second-order valence-electron chi connectivity index (χ2n) is 5.65. The van der Waals surface area contributed by atoms with Crippen LogP contribution in [0.1, 0.15) is 31.6 Å². The predicted molar refractivity (Wildman–Crippen MR) is 79.7 cm³/mol. The molecule has 1 unspecified atom stereocenters. The van der Waals surface area contributed by atoms with Crippen LogP contribution >= 0.6 is 0 Å². The van der Waals surface area contributed by atoms with Crippen molar-refractivity contribution in [2.24, 2.45) is 5.73 Å². The highest BCUT2D eigenvalue weighted by Crippen LogP contribution is 2.25. The van der Waals surface area contributed by atoms with Gasteiger partial charge in [-0.1, -0.05) is 18.2 Å². The van der Waals surface area contributed by atoms with Crippen molar-refractivity contribution in [3.05, 3.63) is 36.1 Å². The summed E-state index contributed by atoms with van der Waals surface area (Å²) in [6.07, 6.45) is 1.09. The minimum Gasteiger partial charge on any atom is -0.459 e. The molecule has 2 aromatic rings. The number of furan rings is 1. The van der Waals surface area contributed by atoms with Crippen LogP contribution in [0.4, 0.5) is 0 Å². The van der Waals surface area contributed by atoms with E-state index in [0.29, 0.717) is 26.1 Å². The van der Waals surface area contributed by atoms with E-state index in [1.54, 1.807) is 0 Å². The normalized spacial score (nSPS) is 19.3. The smallest absolute Gasteiger partial charge is 0.240 e. The predicted octanol–water partition coefficient (Wildman–Crippen LogP) is 2.12. The molecular weight excluding hydrogens is 268 g/mol. The van der Waals surface area contributed by atoms with Crippen LogP contribution in [-0.4, -0.2) is 24.7 Å². The molecule has 2 heterocycles. The summed E-state index contributed by atoms with van der Waals surface area (Å²) in [5, 5.41) is 3.98. The largest absolute Gasteiger partial charge is 0.459 e. The Morgan fingerprint density at radius 2 is 2.05 bits per heavy atom. The molecule has 1 fully saturated rings. The first-order chi connectivity index (χ1) is 10.1. The maximum absolute atomic E-state index is 12.4. The molecule has 1 saturated heterocycles. The third-order valence-electron chi connectivity index (χ3n) is 4.06. The van der Waals surface area contributed by atoms with Gasteiger partial charge < -0.3 is 20.2 Å². The van der Waals surface area contributed by atoms with Gasteiger partial charge in [-0.15, -0.1) is 0 Å². The summed E-state index contributed by atoms with van der Waals surface area (Å²) < 4.78 is 11.0. The summed E-state index contributed by atoms with van der Waals surface area (Å²) in [6, 6.07) is 9.52. The van der Waals surface area contributed by atoms with Gasteiger partial charge in [0, 0.05) is 18.6 Å². The minimum atomic E-state index is -0.835. The number of amides is 1. The van der Waals surface area contributed by atoms with Crippen molar-refractivity contribution in [1.82, 2.24) is 5.32 Å². The lowest BCUT2D eigenvalue weighted by Crippen LogP contribution is -2.57. The Kier molecular flexibility index (Phi) is 3.69. The van der Waals surface area contributed by atoms with Crippen molar-refractivity contribution in [3.63, 3.8) is 0 Å². The molecular formula is C16H20N2O3. The molecule has 0 radical (unpaired) electrons. The number of nitrogens with two attached hydrogens (primary N) is 1. The molecule has 1 amide bonds. The number of nitrogens with one attached hydrogen (secondary N) is 1. The Balaban J connectivity index is 1.73. The summed E-state index contributed by atoms with van der Waals surface area (Å²) in [5.74, 6) is 0.596. The van der Waals surface area contributed by atoms with Gasteiger partial charge >= 0.3 is 0 Å². The molecule has 1 aliphatic heterocycles. The van der Waals surface area contributed by atoms with Gasteiger partial charge in [0.05, 0.1) is 11.6 Å². The number of fused-ring (bicyclic) bond motifs is 1. The van der Waals surface area contributed by atoms with Crippen LogP contribution in [0.15, 0.2) is 34.7 Å². The number of carbonyl (C=O) groups is 1. The quantitative estimate of drug-likeness (QED) is 0.907. The summed E-state index contributed by atoms with van der Waals surface area (Å²) in [5.41, 5.74) is 6.17. The van der Waals surface area contributed by atoms with Crippen LogP contribution in [0.25, 0.3) is 11.0 Å². The maximum Gasteiger partial charge on any atom is 0.240 e. The van der Waals surface area contributed by atoms with Gasteiger partial charge in [-0.05, 0) is 31.9 Å². The van der Waals surface area contributed by atoms with Gasteiger partial charge in [-0.2, -0.15) is 0 Å². The molecule has 21 heavy (non-hydrogen) atoms.